The van der Waals surface area contributed by atoms with Gasteiger partial charge in [0.25, 0.3) is 0 Å². The molecule has 1 rings (SSSR count). The predicted molar refractivity (Wildman–Crippen MR) is 53.5 cm³/mol. The summed E-state index contributed by atoms with van der Waals surface area (Å²) in [6.45, 7) is 2.16. The summed E-state index contributed by atoms with van der Waals surface area (Å²) >= 11 is 0. The standard InChI is InChI=1S/C11H14O3/c1-8(6-7-12)9-2-4-10(5-3-9)11(13)14/h2-5,8,12H,6-7H2,1H3,(H,13,14). The molecule has 0 heterocycles. The Balaban J connectivity index is 2.77. The van der Waals surface area contributed by atoms with E-state index in [4.69, 9.17) is 10.2 Å². The summed E-state index contributed by atoms with van der Waals surface area (Å²) in [6, 6.07) is 6.77. The predicted octanol–water partition coefficient (Wildman–Crippen LogP) is 1.87. The zero-order chi connectivity index (χ0) is 10.6. The van der Waals surface area contributed by atoms with Crippen molar-refractivity contribution in [3.05, 3.63) is 35.4 Å². The van der Waals surface area contributed by atoms with Gasteiger partial charge in [0.15, 0.2) is 0 Å². The molecule has 0 aromatic heterocycles. The van der Waals surface area contributed by atoms with E-state index >= 15 is 0 Å². The molecule has 1 unspecified atom stereocenters. The van der Waals surface area contributed by atoms with Crippen LogP contribution in [0.2, 0.25) is 0 Å². The summed E-state index contributed by atoms with van der Waals surface area (Å²) in [5, 5.41) is 17.4. The fourth-order valence-electron chi connectivity index (χ4n) is 1.31. The molecule has 2 N–H and O–H groups in total. The summed E-state index contributed by atoms with van der Waals surface area (Å²) in [4.78, 5) is 10.6. The summed E-state index contributed by atoms with van der Waals surface area (Å²) in [5.41, 5.74) is 1.36. The van der Waals surface area contributed by atoms with Gasteiger partial charge in [-0.1, -0.05) is 19.1 Å². The first-order valence-corrected chi connectivity index (χ1v) is 4.59. The van der Waals surface area contributed by atoms with Gasteiger partial charge in [0, 0.05) is 6.61 Å². The molecule has 0 aliphatic rings. The van der Waals surface area contributed by atoms with Crippen LogP contribution in [0.5, 0.6) is 0 Å². The molecule has 3 nitrogen and oxygen atoms in total. The molecule has 0 saturated carbocycles. The highest BCUT2D eigenvalue weighted by molar-refractivity contribution is 5.87. The van der Waals surface area contributed by atoms with Gasteiger partial charge >= 0.3 is 5.97 Å². The number of aromatic carboxylic acids is 1. The number of benzene rings is 1. The topological polar surface area (TPSA) is 57.5 Å². The Morgan fingerprint density at radius 3 is 2.36 bits per heavy atom. The maximum absolute atomic E-state index is 10.6. The van der Waals surface area contributed by atoms with E-state index < -0.39 is 5.97 Å². The molecule has 1 aromatic rings. The number of aliphatic hydroxyl groups is 1. The zero-order valence-corrected chi connectivity index (χ0v) is 8.10. The Labute approximate surface area is 83.0 Å². The van der Waals surface area contributed by atoms with Gasteiger partial charge in [0.05, 0.1) is 5.56 Å². The number of carboxylic acid groups (broad SMARTS) is 1. The smallest absolute Gasteiger partial charge is 0.335 e. The molecular weight excluding hydrogens is 180 g/mol. The number of carboxylic acids is 1. The Kier molecular flexibility index (Phi) is 3.65. The van der Waals surface area contributed by atoms with E-state index in [0.29, 0.717) is 12.0 Å². The monoisotopic (exact) mass is 194 g/mol. The van der Waals surface area contributed by atoms with Crippen LogP contribution in [-0.4, -0.2) is 22.8 Å². The lowest BCUT2D eigenvalue weighted by Crippen LogP contribution is -1.99. The average Bonchev–Trinajstić information content (AvgIpc) is 2.18. The van der Waals surface area contributed by atoms with Crippen molar-refractivity contribution in [1.29, 1.82) is 0 Å². The van der Waals surface area contributed by atoms with Gasteiger partial charge in [-0.05, 0) is 30.0 Å². The molecule has 3 heteroatoms. The maximum Gasteiger partial charge on any atom is 0.335 e. The Morgan fingerprint density at radius 2 is 1.93 bits per heavy atom. The lowest BCUT2D eigenvalue weighted by molar-refractivity contribution is 0.0697. The van der Waals surface area contributed by atoms with Crippen molar-refractivity contribution in [2.45, 2.75) is 19.3 Å². The second kappa shape index (κ2) is 4.77. The van der Waals surface area contributed by atoms with Crippen LogP contribution >= 0.6 is 0 Å². The quantitative estimate of drug-likeness (QED) is 0.769. The van der Waals surface area contributed by atoms with Gasteiger partial charge in [-0.3, -0.25) is 0 Å². The van der Waals surface area contributed by atoms with Gasteiger partial charge in [-0.25, -0.2) is 4.79 Å². The Morgan fingerprint density at radius 1 is 1.36 bits per heavy atom. The van der Waals surface area contributed by atoms with E-state index in [0.717, 1.165) is 5.56 Å². The van der Waals surface area contributed by atoms with Crippen LogP contribution in [0.3, 0.4) is 0 Å². The van der Waals surface area contributed by atoms with Gasteiger partial charge < -0.3 is 10.2 Å². The zero-order valence-electron chi connectivity index (χ0n) is 8.10. The highest BCUT2D eigenvalue weighted by Crippen LogP contribution is 2.18. The first-order valence-electron chi connectivity index (χ1n) is 4.59. The van der Waals surface area contributed by atoms with Crippen LogP contribution in [0.25, 0.3) is 0 Å². The van der Waals surface area contributed by atoms with Gasteiger partial charge in [0.1, 0.15) is 0 Å². The molecule has 0 spiro atoms. The minimum absolute atomic E-state index is 0.155. The molecular formula is C11H14O3. The van der Waals surface area contributed by atoms with E-state index in [-0.39, 0.29) is 12.5 Å². The minimum Gasteiger partial charge on any atom is -0.478 e. The number of carbonyl (C=O) groups is 1. The Hall–Kier alpha value is -1.35. The molecule has 0 radical (unpaired) electrons. The van der Waals surface area contributed by atoms with Crippen molar-refractivity contribution in [2.24, 2.45) is 0 Å². The third kappa shape index (κ3) is 2.57. The van der Waals surface area contributed by atoms with Gasteiger partial charge in [-0.15, -0.1) is 0 Å². The molecule has 0 saturated heterocycles. The molecule has 0 aliphatic heterocycles. The van der Waals surface area contributed by atoms with E-state index in [1.54, 1.807) is 24.3 Å². The number of aliphatic hydroxyl groups excluding tert-OH is 1. The summed E-state index contributed by atoms with van der Waals surface area (Å²) < 4.78 is 0. The molecule has 1 aromatic carbocycles. The molecule has 76 valence electrons. The van der Waals surface area contributed by atoms with Gasteiger partial charge in [0.2, 0.25) is 0 Å². The molecule has 0 amide bonds. The molecule has 14 heavy (non-hydrogen) atoms. The van der Waals surface area contributed by atoms with Crippen LogP contribution in [0, 0.1) is 0 Å². The van der Waals surface area contributed by atoms with E-state index in [9.17, 15) is 4.79 Å². The van der Waals surface area contributed by atoms with Crippen LogP contribution in [-0.2, 0) is 0 Å². The van der Waals surface area contributed by atoms with E-state index in [1.165, 1.54) is 0 Å². The second-order valence-electron chi connectivity index (χ2n) is 3.34. The molecule has 0 fully saturated rings. The fourth-order valence-corrected chi connectivity index (χ4v) is 1.31. The fraction of sp³-hybridized carbons (Fsp3) is 0.364. The van der Waals surface area contributed by atoms with Crippen molar-refractivity contribution in [3.63, 3.8) is 0 Å². The SMILES string of the molecule is CC(CCO)c1ccc(C(=O)O)cc1. The van der Waals surface area contributed by atoms with Crippen LogP contribution < -0.4 is 0 Å². The third-order valence-corrected chi connectivity index (χ3v) is 2.29. The van der Waals surface area contributed by atoms with Crippen molar-refractivity contribution in [2.75, 3.05) is 6.61 Å². The van der Waals surface area contributed by atoms with Crippen LogP contribution in [0.15, 0.2) is 24.3 Å². The highest BCUT2D eigenvalue weighted by atomic mass is 16.4. The number of rotatable bonds is 4. The third-order valence-electron chi connectivity index (χ3n) is 2.29. The second-order valence-corrected chi connectivity index (χ2v) is 3.34. The first-order chi connectivity index (χ1) is 6.65. The molecule has 0 aliphatic carbocycles. The molecule has 1 atom stereocenters. The summed E-state index contributed by atoms with van der Waals surface area (Å²) in [7, 11) is 0. The van der Waals surface area contributed by atoms with E-state index in [2.05, 4.69) is 0 Å². The normalized spacial score (nSPS) is 12.4. The van der Waals surface area contributed by atoms with Crippen LogP contribution in [0.4, 0.5) is 0 Å². The van der Waals surface area contributed by atoms with Crippen molar-refractivity contribution in [1.82, 2.24) is 0 Å². The van der Waals surface area contributed by atoms with Crippen molar-refractivity contribution in [3.8, 4) is 0 Å². The maximum atomic E-state index is 10.6. The van der Waals surface area contributed by atoms with E-state index in [1.807, 2.05) is 6.92 Å². The minimum atomic E-state index is -0.911. The number of hydrogen-bond donors (Lipinski definition) is 2. The largest absolute Gasteiger partial charge is 0.478 e. The average molecular weight is 194 g/mol. The lowest BCUT2D eigenvalue weighted by atomic mass is 9.97. The van der Waals surface area contributed by atoms with Gasteiger partial charge in [-0.2, -0.15) is 0 Å². The number of hydrogen-bond acceptors (Lipinski definition) is 2. The Bertz CT molecular complexity index is 303. The lowest BCUT2D eigenvalue weighted by Gasteiger charge is -2.09. The van der Waals surface area contributed by atoms with Crippen molar-refractivity contribution < 1.29 is 15.0 Å². The van der Waals surface area contributed by atoms with Crippen molar-refractivity contribution >= 4 is 5.97 Å². The summed E-state index contributed by atoms with van der Waals surface area (Å²) in [5.74, 6) is -0.644. The first kappa shape index (κ1) is 10.7. The summed E-state index contributed by atoms with van der Waals surface area (Å²) in [6.07, 6.45) is 0.701. The highest BCUT2D eigenvalue weighted by Gasteiger charge is 2.06. The molecule has 0 bridgehead atoms. The van der Waals surface area contributed by atoms with Crippen LogP contribution in [0.1, 0.15) is 35.2 Å².